The summed E-state index contributed by atoms with van der Waals surface area (Å²) in [6.07, 6.45) is 1.01. The molecule has 1 fully saturated rings. The van der Waals surface area contributed by atoms with Crippen LogP contribution in [-0.2, 0) is 4.74 Å². The van der Waals surface area contributed by atoms with Crippen molar-refractivity contribution in [2.75, 3.05) is 0 Å². The molecular weight excluding hydrogens is 234 g/mol. The second-order valence-electron chi connectivity index (χ2n) is 7.11. The van der Waals surface area contributed by atoms with Crippen LogP contribution in [0, 0.1) is 19.8 Å². The molecule has 0 spiro atoms. The predicted molar refractivity (Wildman–Crippen MR) is 80.2 cm³/mol. The molecule has 19 heavy (non-hydrogen) atoms. The SMILES string of the molecule is Cc1cccc(C)c1C(N)C1CC(C)(C)OC1(C)C. The maximum Gasteiger partial charge on any atom is 0.0680 e. The summed E-state index contributed by atoms with van der Waals surface area (Å²) in [6, 6.07) is 6.44. The molecule has 1 heterocycles. The van der Waals surface area contributed by atoms with E-state index in [1.807, 2.05) is 0 Å². The highest BCUT2D eigenvalue weighted by Gasteiger charge is 2.48. The Morgan fingerprint density at radius 2 is 1.68 bits per heavy atom. The molecule has 1 aromatic rings. The van der Waals surface area contributed by atoms with Gasteiger partial charge in [0, 0.05) is 12.0 Å². The molecule has 0 saturated carbocycles. The van der Waals surface area contributed by atoms with Gasteiger partial charge in [-0.1, -0.05) is 18.2 Å². The molecule has 2 N–H and O–H groups in total. The maximum absolute atomic E-state index is 6.62. The van der Waals surface area contributed by atoms with Crippen LogP contribution in [0.15, 0.2) is 18.2 Å². The van der Waals surface area contributed by atoms with Crippen molar-refractivity contribution in [2.24, 2.45) is 11.7 Å². The van der Waals surface area contributed by atoms with Gasteiger partial charge in [-0.3, -0.25) is 0 Å². The summed E-state index contributed by atoms with van der Waals surface area (Å²) in [4.78, 5) is 0. The quantitative estimate of drug-likeness (QED) is 0.876. The second kappa shape index (κ2) is 4.60. The fourth-order valence-corrected chi connectivity index (χ4v) is 3.72. The predicted octanol–water partition coefficient (Wildman–Crippen LogP) is 3.90. The second-order valence-corrected chi connectivity index (χ2v) is 7.11. The lowest BCUT2D eigenvalue weighted by Crippen LogP contribution is -2.36. The molecule has 2 heteroatoms. The molecule has 2 nitrogen and oxygen atoms in total. The minimum atomic E-state index is -0.169. The normalized spacial score (nSPS) is 26.4. The zero-order chi connectivity index (χ0) is 14.4. The van der Waals surface area contributed by atoms with Gasteiger partial charge in [0.1, 0.15) is 0 Å². The maximum atomic E-state index is 6.62. The van der Waals surface area contributed by atoms with E-state index in [9.17, 15) is 0 Å². The van der Waals surface area contributed by atoms with Gasteiger partial charge in [0.05, 0.1) is 11.2 Å². The van der Waals surface area contributed by atoms with Gasteiger partial charge in [-0.15, -0.1) is 0 Å². The smallest absolute Gasteiger partial charge is 0.0680 e. The molecule has 2 rings (SSSR count). The van der Waals surface area contributed by atoms with E-state index in [0.717, 1.165) is 6.42 Å². The Morgan fingerprint density at radius 3 is 2.11 bits per heavy atom. The summed E-state index contributed by atoms with van der Waals surface area (Å²) in [6.45, 7) is 12.9. The van der Waals surface area contributed by atoms with Crippen LogP contribution < -0.4 is 5.73 Å². The monoisotopic (exact) mass is 261 g/mol. The average molecular weight is 261 g/mol. The van der Waals surface area contributed by atoms with E-state index in [0.29, 0.717) is 5.92 Å². The number of hydrogen-bond acceptors (Lipinski definition) is 2. The van der Waals surface area contributed by atoms with Crippen molar-refractivity contribution in [3.63, 3.8) is 0 Å². The number of benzene rings is 1. The first kappa shape index (κ1) is 14.5. The number of ether oxygens (including phenoxy) is 1. The molecule has 0 radical (unpaired) electrons. The average Bonchev–Trinajstić information content (AvgIpc) is 2.46. The van der Waals surface area contributed by atoms with E-state index in [4.69, 9.17) is 10.5 Å². The van der Waals surface area contributed by atoms with Crippen molar-refractivity contribution >= 4 is 0 Å². The van der Waals surface area contributed by atoms with Gasteiger partial charge in [-0.2, -0.15) is 0 Å². The summed E-state index contributed by atoms with van der Waals surface area (Å²) in [5, 5.41) is 0. The van der Waals surface area contributed by atoms with Crippen molar-refractivity contribution < 1.29 is 4.74 Å². The highest BCUT2D eigenvalue weighted by molar-refractivity contribution is 5.37. The lowest BCUT2D eigenvalue weighted by molar-refractivity contribution is -0.0767. The highest BCUT2D eigenvalue weighted by Crippen LogP contribution is 2.47. The molecular formula is C17H27NO. The zero-order valence-electron chi connectivity index (χ0n) is 13.1. The Balaban J connectivity index is 2.37. The molecule has 2 atom stereocenters. The Kier molecular flexibility index (Phi) is 3.53. The van der Waals surface area contributed by atoms with E-state index < -0.39 is 0 Å². The van der Waals surface area contributed by atoms with E-state index in [1.54, 1.807) is 0 Å². The van der Waals surface area contributed by atoms with Gasteiger partial charge < -0.3 is 10.5 Å². The molecule has 0 aliphatic carbocycles. The number of rotatable bonds is 2. The first-order valence-corrected chi connectivity index (χ1v) is 7.16. The van der Waals surface area contributed by atoms with Crippen LogP contribution in [0.3, 0.4) is 0 Å². The van der Waals surface area contributed by atoms with Crippen molar-refractivity contribution in [1.29, 1.82) is 0 Å². The lowest BCUT2D eigenvalue weighted by atomic mass is 9.77. The van der Waals surface area contributed by atoms with Crippen LogP contribution in [0.1, 0.15) is 56.8 Å². The Bertz CT molecular complexity index is 456. The summed E-state index contributed by atoms with van der Waals surface area (Å²) in [5.41, 5.74) is 10.2. The fraction of sp³-hybridized carbons (Fsp3) is 0.647. The van der Waals surface area contributed by atoms with E-state index >= 15 is 0 Å². The van der Waals surface area contributed by atoms with Gasteiger partial charge >= 0.3 is 0 Å². The Labute approximate surface area is 117 Å². The largest absolute Gasteiger partial charge is 0.369 e. The summed E-state index contributed by atoms with van der Waals surface area (Å²) >= 11 is 0. The Morgan fingerprint density at radius 1 is 1.16 bits per heavy atom. The van der Waals surface area contributed by atoms with Crippen molar-refractivity contribution in [2.45, 2.75) is 65.2 Å². The summed E-state index contributed by atoms with van der Waals surface area (Å²) in [7, 11) is 0. The number of aryl methyl sites for hydroxylation is 2. The number of hydrogen-bond donors (Lipinski definition) is 1. The van der Waals surface area contributed by atoms with Gasteiger partial charge in [0.2, 0.25) is 0 Å². The van der Waals surface area contributed by atoms with Crippen LogP contribution in [0.4, 0.5) is 0 Å². The van der Waals surface area contributed by atoms with E-state index in [2.05, 4.69) is 59.7 Å². The Hall–Kier alpha value is -0.860. The van der Waals surface area contributed by atoms with Crippen LogP contribution in [0.25, 0.3) is 0 Å². The first-order valence-electron chi connectivity index (χ1n) is 7.16. The third-order valence-electron chi connectivity index (χ3n) is 4.45. The van der Waals surface area contributed by atoms with Crippen molar-refractivity contribution in [3.8, 4) is 0 Å². The third-order valence-corrected chi connectivity index (χ3v) is 4.45. The zero-order valence-corrected chi connectivity index (χ0v) is 13.1. The van der Waals surface area contributed by atoms with Crippen LogP contribution in [-0.4, -0.2) is 11.2 Å². The van der Waals surface area contributed by atoms with Crippen molar-refractivity contribution in [1.82, 2.24) is 0 Å². The van der Waals surface area contributed by atoms with Crippen LogP contribution in [0.2, 0.25) is 0 Å². The molecule has 2 unspecified atom stereocenters. The molecule has 1 saturated heterocycles. The molecule has 1 aromatic carbocycles. The van der Waals surface area contributed by atoms with Gasteiger partial charge in [0.25, 0.3) is 0 Å². The fourth-order valence-electron chi connectivity index (χ4n) is 3.72. The molecule has 1 aliphatic heterocycles. The van der Waals surface area contributed by atoms with Crippen LogP contribution >= 0.6 is 0 Å². The van der Waals surface area contributed by atoms with Gasteiger partial charge in [-0.05, 0) is 64.7 Å². The molecule has 106 valence electrons. The number of nitrogens with two attached hydrogens (primary N) is 1. The standard InChI is InChI=1S/C17H27NO/c1-11-8-7-9-12(2)14(11)15(18)13-10-16(3,4)19-17(13,5)6/h7-9,13,15H,10,18H2,1-6H3. The van der Waals surface area contributed by atoms with Gasteiger partial charge in [0.15, 0.2) is 0 Å². The van der Waals surface area contributed by atoms with Gasteiger partial charge in [-0.25, -0.2) is 0 Å². The molecule has 0 bridgehead atoms. The first-order chi connectivity index (χ1) is 8.64. The molecule has 0 amide bonds. The van der Waals surface area contributed by atoms with Crippen LogP contribution in [0.5, 0.6) is 0 Å². The minimum absolute atomic E-state index is 0.0398. The van der Waals surface area contributed by atoms with E-state index in [1.165, 1.54) is 16.7 Å². The van der Waals surface area contributed by atoms with E-state index in [-0.39, 0.29) is 17.2 Å². The minimum Gasteiger partial charge on any atom is -0.369 e. The third kappa shape index (κ3) is 2.70. The topological polar surface area (TPSA) is 35.2 Å². The lowest BCUT2D eigenvalue weighted by Gasteiger charge is -2.32. The summed E-state index contributed by atoms with van der Waals surface area (Å²) in [5.74, 6) is 0.349. The summed E-state index contributed by atoms with van der Waals surface area (Å²) < 4.78 is 6.19. The van der Waals surface area contributed by atoms with Crippen molar-refractivity contribution in [3.05, 3.63) is 34.9 Å². The molecule has 1 aliphatic rings. The highest BCUT2D eigenvalue weighted by atomic mass is 16.5. The molecule has 0 aromatic heterocycles.